The van der Waals surface area contributed by atoms with E-state index >= 15 is 0 Å². The number of nitrogens with zero attached hydrogens (tertiary/aromatic N) is 2. The minimum Gasteiger partial charge on any atom is -0.299 e. The van der Waals surface area contributed by atoms with E-state index in [0.717, 1.165) is 32.7 Å². The van der Waals surface area contributed by atoms with Gasteiger partial charge < -0.3 is 0 Å². The van der Waals surface area contributed by atoms with Crippen LogP contribution < -0.4 is 11.3 Å². The Morgan fingerprint density at radius 1 is 1.35 bits per heavy atom. The van der Waals surface area contributed by atoms with Crippen LogP contribution in [0.4, 0.5) is 4.39 Å². The summed E-state index contributed by atoms with van der Waals surface area (Å²) >= 11 is 5.84. The Hall–Kier alpha value is -0.720. The first-order chi connectivity index (χ1) is 9.69. The van der Waals surface area contributed by atoms with Gasteiger partial charge in [0.2, 0.25) is 0 Å². The van der Waals surface area contributed by atoms with Gasteiger partial charge in [-0.05, 0) is 18.1 Å². The zero-order chi connectivity index (χ0) is 14.1. The van der Waals surface area contributed by atoms with Crippen LogP contribution in [-0.2, 0) is 6.42 Å². The molecule has 110 valence electrons. The van der Waals surface area contributed by atoms with Gasteiger partial charge in [0.1, 0.15) is 5.82 Å². The predicted molar refractivity (Wildman–Crippen MR) is 78.0 cm³/mol. The van der Waals surface area contributed by atoms with E-state index in [4.69, 9.17) is 17.4 Å². The summed E-state index contributed by atoms with van der Waals surface area (Å²) in [6.07, 6.45) is 0.553. The number of nitrogens with two attached hydrogens (primary N) is 1. The minimum absolute atomic E-state index is 0.0334. The highest BCUT2D eigenvalue weighted by Crippen LogP contribution is 2.23. The largest absolute Gasteiger partial charge is 0.299 e. The molecule has 1 aromatic carbocycles. The van der Waals surface area contributed by atoms with Gasteiger partial charge in [0.25, 0.3) is 0 Å². The molecule has 2 atom stereocenters. The van der Waals surface area contributed by atoms with Crippen LogP contribution in [-0.4, -0.2) is 54.6 Å². The number of halogens is 2. The second-order valence-electron chi connectivity index (χ2n) is 5.59. The lowest BCUT2D eigenvalue weighted by Crippen LogP contribution is -2.67. The maximum Gasteiger partial charge on any atom is 0.145 e. The Bertz CT molecular complexity index is 476. The number of fused-ring (bicyclic) bond motifs is 3. The normalized spacial score (nSPS) is 30.4. The SMILES string of the molecule is NNC(Cc1cccc(Cl)c1F)C1CN2CCN1CC2. The number of hydrogen-bond donors (Lipinski definition) is 2. The molecular formula is C14H20ClFN4. The van der Waals surface area contributed by atoms with Crippen molar-refractivity contribution in [2.24, 2.45) is 5.84 Å². The molecule has 3 heterocycles. The lowest BCUT2D eigenvalue weighted by atomic mass is 9.94. The Labute approximate surface area is 123 Å². The van der Waals surface area contributed by atoms with E-state index in [-0.39, 0.29) is 16.9 Å². The van der Waals surface area contributed by atoms with Crippen LogP contribution in [0.15, 0.2) is 18.2 Å². The maximum atomic E-state index is 14.0. The van der Waals surface area contributed by atoms with Crippen LogP contribution in [0.2, 0.25) is 5.02 Å². The van der Waals surface area contributed by atoms with Crippen molar-refractivity contribution in [1.82, 2.24) is 15.2 Å². The summed E-state index contributed by atoms with van der Waals surface area (Å²) in [4.78, 5) is 4.90. The molecule has 2 unspecified atom stereocenters. The lowest BCUT2D eigenvalue weighted by molar-refractivity contribution is -0.00325. The molecule has 0 aromatic heterocycles. The fraction of sp³-hybridized carbons (Fsp3) is 0.571. The van der Waals surface area contributed by atoms with Crippen molar-refractivity contribution in [2.45, 2.75) is 18.5 Å². The quantitative estimate of drug-likeness (QED) is 0.639. The molecular weight excluding hydrogens is 279 g/mol. The number of benzene rings is 1. The number of nitrogens with one attached hydrogen (secondary N) is 1. The highest BCUT2D eigenvalue weighted by Gasteiger charge is 2.36. The molecule has 6 heteroatoms. The van der Waals surface area contributed by atoms with E-state index in [1.54, 1.807) is 18.2 Å². The van der Waals surface area contributed by atoms with Gasteiger partial charge in [0.15, 0.2) is 0 Å². The second-order valence-corrected chi connectivity index (χ2v) is 6.00. The molecule has 3 fully saturated rings. The zero-order valence-corrected chi connectivity index (χ0v) is 12.1. The number of hydrogen-bond acceptors (Lipinski definition) is 4. The summed E-state index contributed by atoms with van der Waals surface area (Å²) < 4.78 is 14.0. The molecule has 0 radical (unpaired) electrons. The Morgan fingerprint density at radius 2 is 2.10 bits per heavy atom. The molecule has 0 amide bonds. The Balaban J connectivity index is 1.75. The van der Waals surface area contributed by atoms with Gasteiger partial charge in [0.05, 0.1) is 5.02 Å². The van der Waals surface area contributed by atoms with Gasteiger partial charge in [-0.2, -0.15) is 0 Å². The third-order valence-corrected chi connectivity index (χ3v) is 4.76. The molecule has 3 aliphatic rings. The summed E-state index contributed by atoms with van der Waals surface area (Å²) in [6, 6.07) is 5.50. The first kappa shape index (κ1) is 14.2. The van der Waals surface area contributed by atoms with Crippen molar-refractivity contribution in [3.05, 3.63) is 34.6 Å². The summed E-state index contributed by atoms with van der Waals surface area (Å²) in [5.41, 5.74) is 3.50. The molecule has 2 bridgehead atoms. The highest BCUT2D eigenvalue weighted by molar-refractivity contribution is 6.30. The van der Waals surface area contributed by atoms with Crippen molar-refractivity contribution in [3.63, 3.8) is 0 Å². The number of hydrazine groups is 1. The zero-order valence-electron chi connectivity index (χ0n) is 11.4. The maximum absolute atomic E-state index is 14.0. The van der Waals surface area contributed by atoms with Gasteiger partial charge in [-0.15, -0.1) is 0 Å². The van der Waals surface area contributed by atoms with Crippen molar-refractivity contribution in [2.75, 3.05) is 32.7 Å². The lowest BCUT2D eigenvalue weighted by Gasteiger charge is -2.50. The van der Waals surface area contributed by atoms with E-state index < -0.39 is 0 Å². The van der Waals surface area contributed by atoms with E-state index in [9.17, 15) is 4.39 Å². The van der Waals surface area contributed by atoms with Crippen LogP contribution >= 0.6 is 11.6 Å². The molecule has 0 spiro atoms. The van der Waals surface area contributed by atoms with Crippen LogP contribution in [0.25, 0.3) is 0 Å². The average molecular weight is 299 g/mol. The summed E-state index contributed by atoms with van der Waals surface area (Å²) in [5.74, 6) is 5.39. The van der Waals surface area contributed by atoms with Crippen LogP contribution in [0, 0.1) is 5.82 Å². The molecule has 1 aromatic rings. The molecule has 4 rings (SSSR count). The second kappa shape index (κ2) is 5.95. The summed E-state index contributed by atoms with van der Waals surface area (Å²) in [6.45, 7) is 5.39. The van der Waals surface area contributed by atoms with Crippen molar-refractivity contribution >= 4 is 11.6 Å². The molecule has 3 aliphatic heterocycles. The van der Waals surface area contributed by atoms with Gasteiger partial charge in [-0.25, -0.2) is 4.39 Å². The third-order valence-electron chi connectivity index (χ3n) is 4.47. The van der Waals surface area contributed by atoms with Gasteiger partial charge in [-0.1, -0.05) is 23.7 Å². The van der Waals surface area contributed by atoms with Crippen LogP contribution in [0.3, 0.4) is 0 Å². The molecule has 0 saturated carbocycles. The number of rotatable bonds is 4. The predicted octanol–water partition coefficient (Wildman–Crippen LogP) is 0.853. The third kappa shape index (κ3) is 2.69. The molecule has 0 aliphatic carbocycles. The topological polar surface area (TPSA) is 44.5 Å². The Morgan fingerprint density at radius 3 is 2.70 bits per heavy atom. The first-order valence-corrected chi connectivity index (χ1v) is 7.42. The van der Waals surface area contributed by atoms with E-state index in [2.05, 4.69) is 15.2 Å². The summed E-state index contributed by atoms with van der Waals surface area (Å²) in [5, 5.41) is 0.174. The van der Waals surface area contributed by atoms with Crippen molar-refractivity contribution < 1.29 is 4.39 Å². The molecule has 4 nitrogen and oxygen atoms in total. The van der Waals surface area contributed by atoms with Gasteiger partial charge in [-0.3, -0.25) is 21.1 Å². The molecule has 3 N–H and O–H groups in total. The van der Waals surface area contributed by atoms with E-state index in [0.29, 0.717) is 18.0 Å². The molecule has 3 saturated heterocycles. The smallest absolute Gasteiger partial charge is 0.145 e. The monoisotopic (exact) mass is 298 g/mol. The van der Waals surface area contributed by atoms with E-state index in [1.165, 1.54) is 0 Å². The minimum atomic E-state index is -0.328. The van der Waals surface area contributed by atoms with Gasteiger partial charge in [0, 0.05) is 44.8 Å². The number of piperazine rings is 3. The fourth-order valence-corrected chi connectivity index (χ4v) is 3.48. The average Bonchev–Trinajstić information content (AvgIpc) is 2.50. The highest BCUT2D eigenvalue weighted by atomic mass is 35.5. The Kier molecular flexibility index (Phi) is 4.23. The fourth-order valence-electron chi connectivity index (χ4n) is 3.29. The van der Waals surface area contributed by atoms with E-state index in [1.807, 2.05) is 0 Å². The standard InChI is InChI=1S/C14H20ClFN4/c15-11-3-1-2-10(14(11)16)8-12(18-17)13-9-19-4-6-20(13)7-5-19/h1-3,12-13,18H,4-9,17H2. The first-order valence-electron chi connectivity index (χ1n) is 7.04. The molecule has 20 heavy (non-hydrogen) atoms. The van der Waals surface area contributed by atoms with Crippen molar-refractivity contribution in [1.29, 1.82) is 0 Å². The van der Waals surface area contributed by atoms with Crippen molar-refractivity contribution in [3.8, 4) is 0 Å². The summed E-state index contributed by atoms with van der Waals surface area (Å²) in [7, 11) is 0. The van der Waals surface area contributed by atoms with Gasteiger partial charge >= 0.3 is 0 Å². The van der Waals surface area contributed by atoms with Crippen LogP contribution in [0.5, 0.6) is 0 Å². The van der Waals surface area contributed by atoms with Crippen LogP contribution in [0.1, 0.15) is 5.56 Å².